The fourth-order valence-electron chi connectivity index (χ4n) is 1.94. The van der Waals surface area contributed by atoms with Crippen LogP contribution in [0.3, 0.4) is 0 Å². The predicted molar refractivity (Wildman–Crippen MR) is 67.0 cm³/mol. The molecule has 0 bridgehead atoms. The van der Waals surface area contributed by atoms with E-state index in [1.807, 2.05) is 0 Å². The van der Waals surface area contributed by atoms with Crippen molar-refractivity contribution in [2.24, 2.45) is 0 Å². The Morgan fingerprint density at radius 3 is 2.29 bits per heavy atom. The van der Waals surface area contributed by atoms with Gasteiger partial charge < -0.3 is 9.64 Å². The average Bonchev–Trinajstić information content (AvgIpc) is 3.25. The van der Waals surface area contributed by atoms with Crippen LogP contribution >= 0.6 is 0 Å². The molecule has 1 aromatic rings. The van der Waals surface area contributed by atoms with Crippen LogP contribution in [-0.4, -0.2) is 36.0 Å². The maximum absolute atomic E-state index is 13.2. The predicted octanol–water partition coefficient (Wildman–Crippen LogP) is 2.27. The number of carbonyl (C=O) groups is 2. The quantitative estimate of drug-likeness (QED) is 0.619. The lowest BCUT2D eigenvalue weighted by Crippen LogP contribution is -2.38. The summed E-state index contributed by atoms with van der Waals surface area (Å²) >= 11 is 0. The second-order valence-corrected chi connectivity index (χ2v) is 4.72. The van der Waals surface area contributed by atoms with Crippen LogP contribution in [0.4, 0.5) is 13.2 Å². The molecule has 114 valence electrons. The number of carbonyl (C=O) groups excluding carboxylic acids is 2. The second kappa shape index (κ2) is 6.15. The van der Waals surface area contributed by atoms with Gasteiger partial charge in [0.25, 0.3) is 5.91 Å². The van der Waals surface area contributed by atoms with Crippen molar-refractivity contribution < 1.29 is 27.5 Å². The Balaban J connectivity index is 2.20. The molecule has 1 fully saturated rings. The fourth-order valence-corrected chi connectivity index (χ4v) is 1.94. The molecule has 0 spiro atoms. The normalized spacial score (nSPS) is 13.9. The Bertz CT molecular complexity index is 550. The molecule has 0 atom stereocenters. The summed E-state index contributed by atoms with van der Waals surface area (Å²) in [6.07, 6.45) is 1.41. The molecule has 1 saturated carbocycles. The van der Waals surface area contributed by atoms with Crippen molar-refractivity contribution in [2.45, 2.75) is 25.8 Å². The third kappa shape index (κ3) is 3.53. The van der Waals surface area contributed by atoms with Gasteiger partial charge in [0.15, 0.2) is 17.5 Å². The molecule has 0 N–H and O–H groups in total. The van der Waals surface area contributed by atoms with E-state index in [4.69, 9.17) is 4.74 Å². The Kier molecular flexibility index (Phi) is 4.50. The Labute approximate surface area is 119 Å². The van der Waals surface area contributed by atoms with Crippen molar-refractivity contribution in [1.82, 2.24) is 4.90 Å². The van der Waals surface area contributed by atoms with Gasteiger partial charge in [-0.25, -0.2) is 13.2 Å². The molecule has 0 aromatic heterocycles. The van der Waals surface area contributed by atoms with E-state index in [2.05, 4.69) is 0 Å². The van der Waals surface area contributed by atoms with Crippen molar-refractivity contribution in [3.8, 4) is 0 Å². The summed E-state index contributed by atoms with van der Waals surface area (Å²) in [6.45, 7) is 1.51. The van der Waals surface area contributed by atoms with Crippen molar-refractivity contribution in [3.63, 3.8) is 0 Å². The lowest BCUT2D eigenvalue weighted by molar-refractivity contribution is -0.144. The largest absolute Gasteiger partial charge is 0.465 e. The van der Waals surface area contributed by atoms with Gasteiger partial charge in [-0.2, -0.15) is 0 Å². The molecule has 1 aromatic carbocycles. The van der Waals surface area contributed by atoms with E-state index < -0.39 is 29.3 Å². The molecule has 1 aliphatic carbocycles. The monoisotopic (exact) mass is 301 g/mol. The first-order valence-corrected chi connectivity index (χ1v) is 6.55. The zero-order chi connectivity index (χ0) is 15.6. The topological polar surface area (TPSA) is 46.6 Å². The number of amides is 1. The first-order valence-electron chi connectivity index (χ1n) is 6.55. The molecule has 1 amide bonds. The highest BCUT2D eigenvalue weighted by Crippen LogP contribution is 2.28. The third-order valence-electron chi connectivity index (χ3n) is 3.08. The third-order valence-corrected chi connectivity index (χ3v) is 3.08. The van der Waals surface area contributed by atoms with Gasteiger partial charge in [0.05, 0.1) is 6.61 Å². The highest BCUT2D eigenvalue weighted by atomic mass is 19.2. The van der Waals surface area contributed by atoms with E-state index in [1.165, 1.54) is 4.90 Å². The number of halogens is 3. The maximum atomic E-state index is 13.2. The fraction of sp³-hybridized carbons (Fsp3) is 0.429. The molecule has 0 saturated heterocycles. The summed E-state index contributed by atoms with van der Waals surface area (Å²) in [5.74, 6) is -5.82. The van der Waals surface area contributed by atoms with Crippen molar-refractivity contribution in [3.05, 3.63) is 35.1 Å². The highest BCUT2D eigenvalue weighted by molar-refractivity contribution is 5.96. The summed E-state index contributed by atoms with van der Waals surface area (Å²) in [6, 6.07) is 1.10. The number of rotatable bonds is 5. The Morgan fingerprint density at radius 2 is 1.81 bits per heavy atom. The summed E-state index contributed by atoms with van der Waals surface area (Å²) in [7, 11) is 0. The second-order valence-electron chi connectivity index (χ2n) is 4.72. The van der Waals surface area contributed by atoms with Crippen LogP contribution in [0.15, 0.2) is 12.1 Å². The lowest BCUT2D eigenvalue weighted by atomic mass is 10.1. The molecular formula is C14H14F3NO3. The smallest absolute Gasteiger partial charge is 0.325 e. The van der Waals surface area contributed by atoms with Crippen LogP contribution in [0.25, 0.3) is 0 Å². The standard InChI is InChI=1S/C14H14F3NO3/c1-2-21-12(19)7-18(9-3-4-9)14(20)8-5-10(15)13(17)11(16)6-8/h5-6,9H,2-4,7H2,1H3. The van der Waals surface area contributed by atoms with E-state index in [9.17, 15) is 22.8 Å². The average molecular weight is 301 g/mol. The number of esters is 1. The van der Waals surface area contributed by atoms with E-state index in [-0.39, 0.29) is 24.8 Å². The summed E-state index contributed by atoms with van der Waals surface area (Å²) in [5.41, 5.74) is -0.331. The van der Waals surface area contributed by atoms with Gasteiger partial charge in [-0.1, -0.05) is 0 Å². The molecule has 0 heterocycles. The van der Waals surface area contributed by atoms with Crippen LogP contribution in [0.5, 0.6) is 0 Å². The van der Waals surface area contributed by atoms with Gasteiger partial charge in [-0.15, -0.1) is 0 Å². The minimum atomic E-state index is -1.63. The first kappa shape index (κ1) is 15.3. The Morgan fingerprint density at radius 1 is 1.24 bits per heavy atom. The van der Waals surface area contributed by atoms with Crippen molar-refractivity contribution >= 4 is 11.9 Å². The molecule has 21 heavy (non-hydrogen) atoms. The molecule has 4 nitrogen and oxygen atoms in total. The number of hydrogen-bond donors (Lipinski definition) is 0. The molecule has 0 radical (unpaired) electrons. The van der Waals surface area contributed by atoms with E-state index in [0.717, 1.165) is 0 Å². The van der Waals surface area contributed by atoms with Crippen LogP contribution in [-0.2, 0) is 9.53 Å². The van der Waals surface area contributed by atoms with Gasteiger partial charge in [-0.05, 0) is 31.9 Å². The molecular weight excluding hydrogens is 287 g/mol. The van der Waals surface area contributed by atoms with E-state index >= 15 is 0 Å². The van der Waals surface area contributed by atoms with Crippen LogP contribution < -0.4 is 0 Å². The molecule has 2 rings (SSSR count). The lowest BCUT2D eigenvalue weighted by Gasteiger charge is -2.21. The van der Waals surface area contributed by atoms with Gasteiger partial charge in [0, 0.05) is 11.6 Å². The van der Waals surface area contributed by atoms with Crippen LogP contribution in [0.1, 0.15) is 30.1 Å². The molecule has 0 unspecified atom stereocenters. The van der Waals surface area contributed by atoms with Crippen LogP contribution in [0.2, 0.25) is 0 Å². The van der Waals surface area contributed by atoms with E-state index in [1.54, 1.807) is 6.92 Å². The number of ether oxygens (including phenoxy) is 1. The highest BCUT2D eigenvalue weighted by Gasteiger charge is 2.35. The minimum absolute atomic E-state index is 0.155. The zero-order valence-corrected chi connectivity index (χ0v) is 11.4. The van der Waals surface area contributed by atoms with Crippen molar-refractivity contribution in [1.29, 1.82) is 0 Å². The van der Waals surface area contributed by atoms with Crippen molar-refractivity contribution in [2.75, 3.05) is 13.2 Å². The number of benzene rings is 1. The number of hydrogen-bond acceptors (Lipinski definition) is 3. The Hall–Kier alpha value is -2.05. The summed E-state index contributed by atoms with van der Waals surface area (Å²) in [5, 5.41) is 0. The summed E-state index contributed by atoms with van der Waals surface area (Å²) < 4.78 is 44.0. The SMILES string of the molecule is CCOC(=O)CN(C(=O)c1cc(F)c(F)c(F)c1)C1CC1. The van der Waals surface area contributed by atoms with Gasteiger partial charge in [0.1, 0.15) is 6.54 Å². The molecule has 7 heteroatoms. The number of nitrogens with zero attached hydrogens (tertiary/aromatic N) is 1. The van der Waals surface area contributed by atoms with Gasteiger partial charge >= 0.3 is 5.97 Å². The van der Waals surface area contributed by atoms with Gasteiger partial charge in [0.2, 0.25) is 0 Å². The molecule has 0 aliphatic heterocycles. The first-order chi connectivity index (χ1) is 9.93. The van der Waals surface area contributed by atoms with E-state index in [0.29, 0.717) is 25.0 Å². The maximum Gasteiger partial charge on any atom is 0.325 e. The zero-order valence-electron chi connectivity index (χ0n) is 11.4. The minimum Gasteiger partial charge on any atom is -0.465 e. The summed E-state index contributed by atoms with van der Waals surface area (Å²) in [4.78, 5) is 24.9. The van der Waals surface area contributed by atoms with Crippen LogP contribution in [0, 0.1) is 17.5 Å². The van der Waals surface area contributed by atoms with Gasteiger partial charge in [-0.3, -0.25) is 9.59 Å². The molecule has 1 aliphatic rings.